The van der Waals surface area contributed by atoms with Gasteiger partial charge >= 0.3 is 0 Å². The Morgan fingerprint density at radius 1 is 0.598 bits per heavy atom. The van der Waals surface area contributed by atoms with Gasteiger partial charge in [0.1, 0.15) is 6.04 Å². The van der Waals surface area contributed by atoms with E-state index in [0.717, 1.165) is 26.1 Å². The van der Waals surface area contributed by atoms with Gasteiger partial charge in [0.15, 0.2) is 34.7 Å². The van der Waals surface area contributed by atoms with E-state index in [1.165, 1.54) is 35.8 Å². The fourth-order valence-electron chi connectivity index (χ4n) is 12.9. The van der Waals surface area contributed by atoms with E-state index in [4.69, 9.17) is 9.47 Å². The Balaban J connectivity index is 2.84. The van der Waals surface area contributed by atoms with Crippen molar-refractivity contribution in [2.45, 2.75) is 243 Å². The van der Waals surface area contributed by atoms with E-state index < -0.39 is 149 Å². The Bertz CT molecular complexity index is 2440. The molecule has 526 valence electrons. The number of amides is 5. The lowest BCUT2D eigenvalue weighted by Crippen LogP contribution is -2.53. The number of nitrogens with one attached hydrogen (secondary N) is 2. The van der Waals surface area contributed by atoms with E-state index in [0.29, 0.717) is 38.9 Å². The van der Waals surface area contributed by atoms with Crippen molar-refractivity contribution in [3.05, 3.63) is 12.2 Å². The average molecular weight is 1300 g/mol. The predicted molar refractivity (Wildman–Crippen MR) is 358 cm³/mol. The number of Topliss-reactive ketones (excluding diaryl/α,β-unsaturated/α-hetero) is 6. The van der Waals surface area contributed by atoms with Crippen LogP contribution in [-0.2, 0) is 62.2 Å². The summed E-state index contributed by atoms with van der Waals surface area (Å²) in [5.74, 6) is -11.0. The van der Waals surface area contributed by atoms with Crippen LogP contribution in [0.25, 0.3) is 0 Å². The van der Waals surface area contributed by atoms with Gasteiger partial charge in [-0.25, -0.2) is 0 Å². The third kappa shape index (κ3) is 26.6. The highest BCUT2D eigenvalue weighted by Crippen LogP contribution is 2.30. The quantitative estimate of drug-likeness (QED) is 0.0794. The molecule has 13 atom stereocenters. The SMILES string of the molecule is C/C=C/C[C@@H](C)[C@@H](O)[C@@H]1CC(=O)[C@H](C(C)C)N(C)C(=O)[C@H](CC(C)C)CC(=O)[C@H](CC(C)C)N(C)CC(=O)[C@@H](C)NC(=O)[C@H](C)CC(=O)[C@H](CC(C)C)N(C)C(=O)[C@H](C(C)C)CC(=O)[C@H]([C@@H](C)OCCCCN2CCOCC2)N(C)C(=O)CCC(=O)[C@H](CC)NC1=O. The topological polar surface area (TPSA) is 267 Å². The number of allylic oxidation sites excluding steroid dienone is 2. The number of aliphatic hydroxyl groups excluding tert-OH is 1. The number of ether oxygens (including phenoxy) is 2. The smallest absolute Gasteiger partial charge is 0.226 e. The highest BCUT2D eigenvalue weighted by atomic mass is 16.5. The van der Waals surface area contributed by atoms with E-state index in [-0.39, 0.29) is 87.4 Å². The maximum Gasteiger partial charge on any atom is 0.226 e. The molecule has 3 N–H and O–H groups in total. The molecular formula is C71H123N7O14. The molecule has 2 aliphatic rings. The first-order valence-electron chi connectivity index (χ1n) is 34.5. The van der Waals surface area contributed by atoms with Gasteiger partial charge in [0.2, 0.25) is 29.5 Å². The van der Waals surface area contributed by atoms with Crippen molar-refractivity contribution in [1.82, 2.24) is 35.1 Å². The molecule has 0 aromatic carbocycles. The molecule has 21 heteroatoms. The molecule has 92 heavy (non-hydrogen) atoms. The zero-order valence-corrected chi connectivity index (χ0v) is 60.2. The van der Waals surface area contributed by atoms with Crippen LogP contribution in [0.4, 0.5) is 0 Å². The van der Waals surface area contributed by atoms with Gasteiger partial charge in [0, 0.05) is 97.1 Å². The van der Waals surface area contributed by atoms with Crippen LogP contribution in [0.2, 0.25) is 0 Å². The third-order valence-corrected chi connectivity index (χ3v) is 18.6. The van der Waals surface area contributed by atoms with Crippen molar-refractivity contribution < 1.29 is 67.3 Å². The minimum absolute atomic E-state index is 0.00840. The highest BCUT2D eigenvalue weighted by Gasteiger charge is 2.43. The molecule has 0 unspecified atom stereocenters. The van der Waals surface area contributed by atoms with E-state index in [2.05, 4.69) is 15.5 Å². The van der Waals surface area contributed by atoms with Crippen LogP contribution in [0.1, 0.15) is 194 Å². The van der Waals surface area contributed by atoms with Gasteiger partial charge in [0.25, 0.3) is 0 Å². The number of carbonyl (C=O) groups is 11. The summed E-state index contributed by atoms with van der Waals surface area (Å²) >= 11 is 0. The van der Waals surface area contributed by atoms with Gasteiger partial charge < -0.3 is 39.9 Å². The summed E-state index contributed by atoms with van der Waals surface area (Å²) in [7, 11) is 6.15. The second kappa shape index (κ2) is 41.0. The number of aliphatic hydroxyl groups is 1. The summed E-state index contributed by atoms with van der Waals surface area (Å²) < 4.78 is 11.8. The van der Waals surface area contributed by atoms with Crippen LogP contribution >= 0.6 is 0 Å². The van der Waals surface area contributed by atoms with Crippen LogP contribution in [0.3, 0.4) is 0 Å². The molecule has 2 saturated heterocycles. The Labute approximate surface area is 552 Å². The van der Waals surface area contributed by atoms with Gasteiger partial charge in [-0.2, -0.15) is 0 Å². The molecule has 2 fully saturated rings. The lowest BCUT2D eigenvalue weighted by molar-refractivity contribution is -0.148. The molecule has 0 saturated carbocycles. The average Bonchev–Trinajstić information content (AvgIpc) is 0.872. The zero-order valence-electron chi connectivity index (χ0n) is 60.2. The number of likely N-dealkylation sites (N-methyl/N-ethyl adjacent to an activating group) is 4. The minimum atomic E-state index is -1.38. The van der Waals surface area contributed by atoms with Crippen molar-refractivity contribution in [3.63, 3.8) is 0 Å². The number of hydrogen-bond donors (Lipinski definition) is 3. The number of morpholine rings is 1. The monoisotopic (exact) mass is 1300 g/mol. The molecule has 0 radical (unpaired) electrons. The first-order valence-corrected chi connectivity index (χ1v) is 34.5. The van der Waals surface area contributed by atoms with Crippen LogP contribution in [0, 0.1) is 59.2 Å². The Hall–Kier alpha value is -5.09. The molecule has 2 rings (SSSR count). The largest absolute Gasteiger partial charge is 0.392 e. The van der Waals surface area contributed by atoms with E-state index in [1.54, 1.807) is 74.3 Å². The predicted octanol–water partition coefficient (Wildman–Crippen LogP) is 7.35. The lowest BCUT2D eigenvalue weighted by Gasteiger charge is -2.36. The number of carbonyl (C=O) groups excluding carboxylic acids is 11. The molecule has 21 nitrogen and oxygen atoms in total. The molecule has 5 amide bonds. The Morgan fingerprint density at radius 2 is 1.16 bits per heavy atom. The molecule has 0 bridgehead atoms. The summed E-state index contributed by atoms with van der Waals surface area (Å²) in [5.41, 5.74) is 0. The minimum Gasteiger partial charge on any atom is -0.392 e. The third-order valence-electron chi connectivity index (χ3n) is 18.6. The van der Waals surface area contributed by atoms with Crippen molar-refractivity contribution in [2.75, 3.05) is 74.2 Å². The summed E-state index contributed by atoms with van der Waals surface area (Å²) in [6.45, 7) is 32.7. The molecule has 2 aliphatic heterocycles. The van der Waals surface area contributed by atoms with Crippen LogP contribution < -0.4 is 10.6 Å². The second-order valence-corrected chi connectivity index (χ2v) is 28.8. The van der Waals surface area contributed by atoms with Gasteiger partial charge in [-0.3, -0.25) is 62.5 Å². The van der Waals surface area contributed by atoms with Gasteiger partial charge in [-0.15, -0.1) is 0 Å². The van der Waals surface area contributed by atoms with Crippen molar-refractivity contribution in [3.8, 4) is 0 Å². The van der Waals surface area contributed by atoms with Crippen LogP contribution in [0.15, 0.2) is 12.2 Å². The molecule has 2 heterocycles. The van der Waals surface area contributed by atoms with Crippen molar-refractivity contribution in [2.24, 2.45) is 59.2 Å². The molecule has 0 aromatic heterocycles. The van der Waals surface area contributed by atoms with E-state index in [1.807, 2.05) is 60.6 Å². The first kappa shape index (κ1) is 83.0. The molecule has 0 spiro atoms. The number of rotatable bonds is 20. The normalized spacial score (nSPS) is 27.7. The standard InChI is InChI=1S/C71H123N7O14/c1-21-23-26-48(13)67(86)54-41-61(82)65(47(11)12)77(20)70(89)52(35-43(3)4)39-60(81)56(36-44(5)6)74(17)42-63(84)50(15)72-68(87)49(14)38-59(80)57(37-45(7)8)75(18)71(90)53(46(9)10)40-62(83)66(51(16)92-32-25-24-29-78-30-33-91-34-31-78)76(19)64(85)28-27-58(79)55(22-2)73-69(54)88/h21,23,43-57,65-67,86H,22,24-42H2,1-20H3,(H,72,87)(H,73,88)/b23-21+/t48-,49-,50-,51-,52-,53+,54+,55+,56+,57+,65+,66+,67-/m1/s1. The number of ketones is 6. The van der Waals surface area contributed by atoms with E-state index >= 15 is 0 Å². The second-order valence-electron chi connectivity index (χ2n) is 28.8. The highest BCUT2D eigenvalue weighted by molar-refractivity contribution is 5.99. The molecule has 0 aliphatic carbocycles. The first-order chi connectivity index (χ1) is 43.0. The maximum absolute atomic E-state index is 15.0. The number of nitrogens with zero attached hydrogens (tertiary/aromatic N) is 5. The van der Waals surface area contributed by atoms with Crippen LogP contribution in [-0.4, -0.2) is 216 Å². The Morgan fingerprint density at radius 3 is 1.72 bits per heavy atom. The number of unbranched alkanes of at least 4 members (excludes halogenated alkanes) is 1. The van der Waals surface area contributed by atoms with Crippen molar-refractivity contribution >= 4 is 64.2 Å². The summed E-state index contributed by atoms with van der Waals surface area (Å²) in [4.78, 5) is 168. The van der Waals surface area contributed by atoms with Gasteiger partial charge in [0.05, 0.1) is 68.1 Å². The lowest BCUT2D eigenvalue weighted by atomic mass is 9.82. The fourth-order valence-corrected chi connectivity index (χ4v) is 12.9. The summed E-state index contributed by atoms with van der Waals surface area (Å²) in [6, 6.07) is -6.26. The number of hydrogen-bond acceptors (Lipinski definition) is 16. The fraction of sp³-hybridized carbons (Fsp3) is 0.817. The maximum atomic E-state index is 15.0. The van der Waals surface area contributed by atoms with Crippen molar-refractivity contribution in [1.29, 1.82) is 0 Å². The summed E-state index contributed by atoms with van der Waals surface area (Å²) in [6.07, 6.45) is 2.24. The zero-order chi connectivity index (χ0) is 70.0. The summed E-state index contributed by atoms with van der Waals surface area (Å²) in [5, 5.41) is 17.6. The van der Waals surface area contributed by atoms with E-state index in [9.17, 15) is 57.8 Å². The van der Waals surface area contributed by atoms with Gasteiger partial charge in [-0.1, -0.05) is 102 Å². The van der Waals surface area contributed by atoms with Gasteiger partial charge in [-0.05, 0) is 115 Å². The molecular weight excluding hydrogens is 1170 g/mol. The Kier molecular flexibility index (Phi) is 37.0. The molecule has 0 aromatic rings. The van der Waals surface area contributed by atoms with Crippen LogP contribution in [0.5, 0.6) is 0 Å².